The standard InChI is InChI=1S/C21H21N3O3S/c22-16-6-10-18(11-7-16)28(26,27)19-12-8-17(9-13-19)24-21(25)20(23)14-15-4-2-1-3-5-15/h1-13,20H,14,22-23H2,(H,24,25). The van der Waals surface area contributed by atoms with Crippen molar-refractivity contribution >= 4 is 27.1 Å². The lowest BCUT2D eigenvalue weighted by molar-refractivity contribution is -0.117. The van der Waals surface area contributed by atoms with E-state index >= 15 is 0 Å². The van der Waals surface area contributed by atoms with Gasteiger partial charge in [0.2, 0.25) is 15.7 Å². The van der Waals surface area contributed by atoms with Crippen molar-refractivity contribution in [1.29, 1.82) is 0 Å². The molecule has 144 valence electrons. The van der Waals surface area contributed by atoms with Crippen LogP contribution in [0, 0.1) is 0 Å². The Morgan fingerprint density at radius 2 is 1.39 bits per heavy atom. The molecular formula is C21H21N3O3S. The van der Waals surface area contributed by atoms with Gasteiger partial charge < -0.3 is 16.8 Å². The molecule has 0 aliphatic heterocycles. The van der Waals surface area contributed by atoms with Crippen LogP contribution >= 0.6 is 0 Å². The number of nitrogen functional groups attached to an aromatic ring is 1. The molecule has 0 heterocycles. The highest BCUT2D eigenvalue weighted by molar-refractivity contribution is 7.91. The average molecular weight is 395 g/mol. The molecule has 28 heavy (non-hydrogen) atoms. The van der Waals surface area contributed by atoms with Gasteiger partial charge in [0.1, 0.15) is 0 Å². The van der Waals surface area contributed by atoms with Crippen LogP contribution in [-0.4, -0.2) is 20.4 Å². The summed E-state index contributed by atoms with van der Waals surface area (Å²) in [5, 5.41) is 2.71. The number of nitrogens with one attached hydrogen (secondary N) is 1. The summed E-state index contributed by atoms with van der Waals surface area (Å²) in [4.78, 5) is 12.6. The van der Waals surface area contributed by atoms with Gasteiger partial charge in [-0.15, -0.1) is 0 Å². The van der Waals surface area contributed by atoms with E-state index in [-0.39, 0.29) is 15.7 Å². The number of carbonyl (C=O) groups excluding carboxylic acids is 1. The Bertz CT molecular complexity index is 1050. The summed E-state index contributed by atoms with van der Waals surface area (Å²) < 4.78 is 25.3. The minimum atomic E-state index is -3.65. The SMILES string of the molecule is Nc1ccc(S(=O)(=O)c2ccc(NC(=O)C(N)Cc3ccccc3)cc2)cc1. The molecule has 0 bridgehead atoms. The first kappa shape index (κ1) is 19.6. The van der Waals surface area contributed by atoms with Crippen molar-refractivity contribution in [2.45, 2.75) is 22.3 Å². The maximum absolute atomic E-state index is 12.6. The quantitative estimate of drug-likeness (QED) is 0.555. The topological polar surface area (TPSA) is 115 Å². The molecule has 3 rings (SSSR count). The molecule has 1 atom stereocenters. The third kappa shape index (κ3) is 4.57. The number of rotatable bonds is 6. The second-order valence-electron chi connectivity index (χ2n) is 6.38. The number of anilines is 2. The molecule has 1 unspecified atom stereocenters. The van der Waals surface area contributed by atoms with Gasteiger partial charge in [-0.05, 0) is 60.5 Å². The smallest absolute Gasteiger partial charge is 0.241 e. The van der Waals surface area contributed by atoms with Gasteiger partial charge in [-0.2, -0.15) is 0 Å². The lowest BCUT2D eigenvalue weighted by atomic mass is 10.1. The van der Waals surface area contributed by atoms with Crippen molar-refractivity contribution in [3.05, 3.63) is 84.4 Å². The van der Waals surface area contributed by atoms with E-state index < -0.39 is 15.9 Å². The molecule has 0 aliphatic rings. The third-order valence-electron chi connectivity index (χ3n) is 4.26. The zero-order chi connectivity index (χ0) is 20.1. The molecule has 0 fully saturated rings. The van der Waals surface area contributed by atoms with E-state index in [0.29, 0.717) is 17.8 Å². The van der Waals surface area contributed by atoms with Gasteiger partial charge in [-0.25, -0.2) is 8.42 Å². The molecule has 3 aromatic rings. The highest BCUT2D eigenvalue weighted by Crippen LogP contribution is 2.23. The van der Waals surface area contributed by atoms with E-state index in [4.69, 9.17) is 11.5 Å². The highest BCUT2D eigenvalue weighted by Gasteiger charge is 2.18. The van der Waals surface area contributed by atoms with E-state index in [2.05, 4.69) is 5.32 Å². The van der Waals surface area contributed by atoms with E-state index in [9.17, 15) is 13.2 Å². The fourth-order valence-corrected chi connectivity index (χ4v) is 3.96. The number of carbonyl (C=O) groups is 1. The minimum absolute atomic E-state index is 0.129. The second kappa shape index (κ2) is 8.24. The maximum atomic E-state index is 12.6. The van der Waals surface area contributed by atoms with Gasteiger partial charge in [0.25, 0.3) is 0 Å². The van der Waals surface area contributed by atoms with Crippen LogP contribution in [0.4, 0.5) is 11.4 Å². The van der Waals surface area contributed by atoms with E-state index in [0.717, 1.165) is 5.56 Å². The Morgan fingerprint density at radius 3 is 1.96 bits per heavy atom. The Morgan fingerprint density at radius 1 is 0.857 bits per heavy atom. The Balaban J connectivity index is 1.68. The van der Waals surface area contributed by atoms with Gasteiger partial charge >= 0.3 is 0 Å². The highest BCUT2D eigenvalue weighted by atomic mass is 32.2. The molecule has 7 heteroatoms. The number of hydrogen-bond donors (Lipinski definition) is 3. The molecule has 0 spiro atoms. The molecule has 1 amide bonds. The van der Waals surface area contributed by atoms with Gasteiger partial charge in [0, 0.05) is 11.4 Å². The van der Waals surface area contributed by atoms with Crippen LogP contribution in [0.1, 0.15) is 5.56 Å². The van der Waals surface area contributed by atoms with Gasteiger partial charge in [0.15, 0.2) is 0 Å². The van der Waals surface area contributed by atoms with Crippen molar-refractivity contribution in [2.75, 3.05) is 11.1 Å². The third-order valence-corrected chi connectivity index (χ3v) is 6.04. The van der Waals surface area contributed by atoms with Crippen LogP contribution in [0.2, 0.25) is 0 Å². The van der Waals surface area contributed by atoms with Crippen molar-refractivity contribution in [3.63, 3.8) is 0 Å². The average Bonchev–Trinajstić information content (AvgIpc) is 2.69. The number of nitrogens with two attached hydrogens (primary N) is 2. The molecule has 0 saturated carbocycles. The number of hydrogen-bond acceptors (Lipinski definition) is 5. The molecular weight excluding hydrogens is 374 g/mol. The second-order valence-corrected chi connectivity index (χ2v) is 8.33. The predicted molar refractivity (Wildman–Crippen MR) is 109 cm³/mol. The molecule has 0 aromatic heterocycles. The van der Waals surface area contributed by atoms with Crippen LogP contribution < -0.4 is 16.8 Å². The summed E-state index contributed by atoms with van der Waals surface area (Å²) in [5.74, 6) is -0.335. The number of sulfone groups is 1. The first-order chi connectivity index (χ1) is 13.4. The summed E-state index contributed by atoms with van der Waals surface area (Å²) in [6.45, 7) is 0. The van der Waals surface area contributed by atoms with Gasteiger partial charge in [0.05, 0.1) is 15.8 Å². The molecule has 0 aliphatic carbocycles. The lowest BCUT2D eigenvalue weighted by Crippen LogP contribution is -2.37. The Hall–Kier alpha value is -3.16. The molecule has 0 saturated heterocycles. The summed E-state index contributed by atoms with van der Waals surface area (Å²) >= 11 is 0. The molecule has 5 N–H and O–H groups in total. The van der Waals surface area contributed by atoms with Crippen molar-refractivity contribution in [3.8, 4) is 0 Å². The van der Waals surface area contributed by atoms with Crippen LogP contribution in [0.3, 0.4) is 0 Å². The first-order valence-corrected chi connectivity index (χ1v) is 10.2. The summed E-state index contributed by atoms with van der Waals surface area (Å²) in [6, 6.07) is 20.8. The van der Waals surface area contributed by atoms with Crippen LogP contribution in [0.5, 0.6) is 0 Å². The van der Waals surface area contributed by atoms with Crippen molar-refractivity contribution in [2.24, 2.45) is 5.73 Å². The first-order valence-electron chi connectivity index (χ1n) is 8.67. The fourth-order valence-electron chi connectivity index (χ4n) is 2.70. The maximum Gasteiger partial charge on any atom is 0.241 e. The van der Waals surface area contributed by atoms with Crippen molar-refractivity contribution in [1.82, 2.24) is 0 Å². The lowest BCUT2D eigenvalue weighted by Gasteiger charge is -2.13. The van der Waals surface area contributed by atoms with Crippen LogP contribution in [0.15, 0.2) is 88.7 Å². The largest absolute Gasteiger partial charge is 0.399 e. The van der Waals surface area contributed by atoms with E-state index in [1.807, 2.05) is 30.3 Å². The Kier molecular flexibility index (Phi) is 5.77. The van der Waals surface area contributed by atoms with Crippen molar-refractivity contribution < 1.29 is 13.2 Å². The fraction of sp³-hybridized carbons (Fsp3) is 0.0952. The van der Waals surface area contributed by atoms with E-state index in [1.165, 1.54) is 48.5 Å². The normalized spacial score (nSPS) is 12.3. The van der Waals surface area contributed by atoms with Crippen LogP contribution in [-0.2, 0) is 21.1 Å². The summed E-state index contributed by atoms with van der Waals surface area (Å²) in [7, 11) is -3.65. The number of amides is 1. The summed E-state index contributed by atoms with van der Waals surface area (Å²) in [5.41, 5.74) is 13.5. The van der Waals surface area contributed by atoms with Crippen LogP contribution in [0.25, 0.3) is 0 Å². The van der Waals surface area contributed by atoms with Gasteiger partial charge in [-0.1, -0.05) is 30.3 Å². The summed E-state index contributed by atoms with van der Waals surface area (Å²) in [6.07, 6.45) is 0.413. The predicted octanol–water partition coefficient (Wildman–Crippen LogP) is 2.61. The number of benzene rings is 3. The van der Waals surface area contributed by atoms with E-state index in [1.54, 1.807) is 0 Å². The minimum Gasteiger partial charge on any atom is -0.399 e. The molecule has 3 aromatic carbocycles. The molecule has 0 radical (unpaired) electrons. The zero-order valence-electron chi connectivity index (χ0n) is 15.1. The Labute approximate surface area is 164 Å². The monoisotopic (exact) mass is 395 g/mol. The zero-order valence-corrected chi connectivity index (χ0v) is 15.9. The molecule has 6 nitrogen and oxygen atoms in total. The van der Waals surface area contributed by atoms with Gasteiger partial charge in [-0.3, -0.25) is 4.79 Å².